The lowest BCUT2D eigenvalue weighted by atomic mass is 10.1. The van der Waals surface area contributed by atoms with Crippen LogP contribution in [0.15, 0.2) is 36.4 Å². The third-order valence-electron chi connectivity index (χ3n) is 4.03. The molecule has 0 aliphatic rings. The molecule has 140 valence electrons. The molecular formula is C19H23ClN2O3S. The Morgan fingerprint density at radius 2 is 1.69 bits per heavy atom. The van der Waals surface area contributed by atoms with Crippen molar-refractivity contribution >= 4 is 33.2 Å². The van der Waals surface area contributed by atoms with Crippen molar-refractivity contribution in [1.82, 2.24) is 4.31 Å². The van der Waals surface area contributed by atoms with Gasteiger partial charge in [0.1, 0.15) is 0 Å². The summed E-state index contributed by atoms with van der Waals surface area (Å²) < 4.78 is 25.3. The van der Waals surface area contributed by atoms with Crippen LogP contribution in [0.3, 0.4) is 0 Å². The summed E-state index contributed by atoms with van der Waals surface area (Å²) in [5, 5.41) is 3.30. The summed E-state index contributed by atoms with van der Waals surface area (Å²) in [6.07, 6.45) is 1.08. The molecule has 26 heavy (non-hydrogen) atoms. The smallest absolute Gasteiger partial charge is 0.239 e. The Morgan fingerprint density at radius 3 is 2.23 bits per heavy atom. The van der Waals surface area contributed by atoms with Crippen molar-refractivity contribution in [3.8, 4) is 0 Å². The van der Waals surface area contributed by atoms with Crippen LogP contribution >= 0.6 is 11.6 Å². The Labute approximate surface area is 160 Å². The maximum Gasteiger partial charge on any atom is 0.239 e. The normalized spacial score (nSPS) is 11.6. The number of carbonyl (C=O) groups is 1. The Kier molecular flexibility index (Phi) is 6.44. The monoisotopic (exact) mass is 394 g/mol. The van der Waals surface area contributed by atoms with Crippen LogP contribution in [-0.2, 0) is 21.4 Å². The van der Waals surface area contributed by atoms with Crippen molar-refractivity contribution in [2.24, 2.45) is 0 Å². The molecule has 0 spiro atoms. The van der Waals surface area contributed by atoms with E-state index < -0.39 is 15.9 Å². The van der Waals surface area contributed by atoms with Gasteiger partial charge in [0.25, 0.3) is 0 Å². The van der Waals surface area contributed by atoms with E-state index in [0.29, 0.717) is 16.3 Å². The molecule has 0 saturated heterocycles. The van der Waals surface area contributed by atoms with Gasteiger partial charge in [0.2, 0.25) is 15.9 Å². The van der Waals surface area contributed by atoms with E-state index in [1.54, 1.807) is 24.3 Å². The zero-order valence-corrected chi connectivity index (χ0v) is 16.9. The van der Waals surface area contributed by atoms with E-state index in [0.717, 1.165) is 27.3 Å². The average Bonchev–Trinajstić information content (AvgIpc) is 2.51. The number of carbonyl (C=O) groups excluding carboxylic acids is 1. The van der Waals surface area contributed by atoms with E-state index in [-0.39, 0.29) is 13.1 Å². The van der Waals surface area contributed by atoms with Crippen LogP contribution in [0.4, 0.5) is 5.69 Å². The van der Waals surface area contributed by atoms with Gasteiger partial charge in [-0.15, -0.1) is 0 Å². The summed E-state index contributed by atoms with van der Waals surface area (Å²) in [4.78, 5) is 12.5. The molecule has 1 N–H and O–H groups in total. The van der Waals surface area contributed by atoms with Crippen molar-refractivity contribution in [3.05, 3.63) is 63.7 Å². The van der Waals surface area contributed by atoms with Gasteiger partial charge in [0, 0.05) is 17.3 Å². The van der Waals surface area contributed by atoms with Crippen molar-refractivity contribution in [2.75, 3.05) is 18.1 Å². The predicted octanol–water partition coefficient (Wildman–Crippen LogP) is 3.67. The van der Waals surface area contributed by atoms with Crippen molar-refractivity contribution in [2.45, 2.75) is 27.3 Å². The number of anilines is 1. The highest BCUT2D eigenvalue weighted by Gasteiger charge is 2.22. The summed E-state index contributed by atoms with van der Waals surface area (Å²) >= 11 is 6.12. The van der Waals surface area contributed by atoms with Gasteiger partial charge in [0.05, 0.1) is 12.8 Å². The Morgan fingerprint density at radius 1 is 1.12 bits per heavy atom. The molecule has 2 aromatic rings. The minimum absolute atomic E-state index is 0.0395. The van der Waals surface area contributed by atoms with Crippen LogP contribution in [0, 0.1) is 20.8 Å². The molecule has 2 aromatic carbocycles. The third kappa shape index (κ3) is 5.30. The highest BCUT2D eigenvalue weighted by atomic mass is 35.5. The number of sulfonamides is 1. The fourth-order valence-corrected chi connectivity index (χ4v) is 3.74. The number of amides is 1. The minimum Gasteiger partial charge on any atom is -0.324 e. The maximum absolute atomic E-state index is 12.5. The van der Waals surface area contributed by atoms with Gasteiger partial charge in [-0.2, -0.15) is 4.31 Å². The lowest BCUT2D eigenvalue weighted by Gasteiger charge is -2.21. The second kappa shape index (κ2) is 8.20. The maximum atomic E-state index is 12.5. The quantitative estimate of drug-likeness (QED) is 0.812. The average molecular weight is 395 g/mol. The van der Waals surface area contributed by atoms with E-state index in [1.165, 1.54) is 0 Å². The number of nitrogens with one attached hydrogen (secondary N) is 1. The van der Waals surface area contributed by atoms with E-state index in [1.807, 2.05) is 32.9 Å². The first-order valence-corrected chi connectivity index (χ1v) is 10.4. The molecule has 0 bridgehead atoms. The number of nitrogens with zero attached hydrogens (tertiary/aromatic N) is 1. The van der Waals surface area contributed by atoms with Crippen LogP contribution in [0.25, 0.3) is 0 Å². The summed E-state index contributed by atoms with van der Waals surface area (Å²) in [7, 11) is -3.58. The van der Waals surface area contributed by atoms with Crippen LogP contribution in [0.2, 0.25) is 5.02 Å². The van der Waals surface area contributed by atoms with E-state index in [9.17, 15) is 13.2 Å². The summed E-state index contributed by atoms with van der Waals surface area (Å²) in [6.45, 7) is 5.57. The molecule has 5 nitrogen and oxygen atoms in total. The number of halogens is 1. The molecule has 0 saturated carbocycles. The van der Waals surface area contributed by atoms with E-state index in [4.69, 9.17) is 11.6 Å². The van der Waals surface area contributed by atoms with Gasteiger partial charge in [-0.25, -0.2) is 8.42 Å². The standard InChI is InChI=1S/C19H23ClN2O3S/c1-13-9-14(2)19(15(3)10-13)21-18(23)12-22(26(4,24)25)11-16-7-5-6-8-17(16)20/h5-10H,11-12H2,1-4H3,(H,21,23). The van der Waals surface area contributed by atoms with Crippen LogP contribution in [-0.4, -0.2) is 31.4 Å². The predicted molar refractivity (Wildman–Crippen MR) is 106 cm³/mol. The molecule has 2 rings (SSSR count). The fraction of sp³-hybridized carbons (Fsp3) is 0.316. The molecule has 0 aliphatic heterocycles. The zero-order chi connectivity index (χ0) is 19.5. The number of aryl methyl sites for hydroxylation is 3. The minimum atomic E-state index is -3.58. The first-order chi connectivity index (χ1) is 12.1. The highest BCUT2D eigenvalue weighted by Crippen LogP contribution is 2.22. The Bertz CT molecular complexity index is 903. The molecular weight excluding hydrogens is 372 g/mol. The number of hydrogen-bond acceptors (Lipinski definition) is 3. The van der Waals surface area contributed by atoms with Gasteiger partial charge in [-0.3, -0.25) is 4.79 Å². The Balaban J connectivity index is 2.19. The highest BCUT2D eigenvalue weighted by molar-refractivity contribution is 7.88. The van der Waals surface area contributed by atoms with Gasteiger partial charge in [0.15, 0.2) is 0 Å². The number of rotatable bonds is 6. The number of benzene rings is 2. The lowest BCUT2D eigenvalue weighted by molar-refractivity contribution is -0.116. The SMILES string of the molecule is Cc1cc(C)c(NC(=O)CN(Cc2ccccc2Cl)S(C)(=O)=O)c(C)c1. The van der Waals surface area contributed by atoms with Gasteiger partial charge >= 0.3 is 0 Å². The van der Waals surface area contributed by atoms with Crippen LogP contribution in [0.1, 0.15) is 22.3 Å². The fourth-order valence-electron chi connectivity index (χ4n) is 2.82. The molecule has 0 unspecified atom stereocenters. The molecule has 0 aliphatic carbocycles. The lowest BCUT2D eigenvalue weighted by Crippen LogP contribution is -2.37. The number of hydrogen-bond donors (Lipinski definition) is 1. The molecule has 0 radical (unpaired) electrons. The first-order valence-electron chi connectivity index (χ1n) is 8.14. The van der Waals surface area contributed by atoms with Crippen molar-refractivity contribution in [3.63, 3.8) is 0 Å². The Hall–Kier alpha value is -1.89. The van der Waals surface area contributed by atoms with Gasteiger partial charge in [-0.05, 0) is 43.5 Å². The van der Waals surface area contributed by atoms with Crippen molar-refractivity contribution in [1.29, 1.82) is 0 Å². The summed E-state index contributed by atoms with van der Waals surface area (Å²) in [5.74, 6) is -0.391. The third-order valence-corrected chi connectivity index (χ3v) is 5.60. The largest absolute Gasteiger partial charge is 0.324 e. The summed E-state index contributed by atoms with van der Waals surface area (Å²) in [6, 6.07) is 10.9. The molecule has 0 aromatic heterocycles. The summed E-state index contributed by atoms with van der Waals surface area (Å²) in [5.41, 5.74) is 4.34. The topological polar surface area (TPSA) is 66.5 Å². The second-order valence-corrected chi connectivity index (χ2v) is 8.83. The van der Waals surface area contributed by atoms with Gasteiger partial charge < -0.3 is 5.32 Å². The van der Waals surface area contributed by atoms with E-state index in [2.05, 4.69) is 5.32 Å². The molecule has 0 atom stereocenters. The molecule has 7 heteroatoms. The molecule has 0 heterocycles. The first kappa shape index (κ1) is 20.4. The van der Waals surface area contributed by atoms with Crippen molar-refractivity contribution < 1.29 is 13.2 Å². The van der Waals surface area contributed by atoms with Gasteiger partial charge in [-0.1, -0.05) is 47.5 Å². The van der Waals surface area contributed by atoms with E-state index >= 15 is 0 Å². The van der Waals surface area contributed by atoms with Crippen LogP contribution < -0.4 is 5.32 Å². The molecule has 1 amide bonds. The zero-order valence-electron chi connectivity index (χ0n) is 15.3. The second-order valence-electron chi connectivity index (χ2n) is 6.44. The molecule has 0 fully saturated rings. The van der Waals surface area contributed by atoms with Crippen LogP contribution in [0.5, 0.6) is 0 Å².